The van der Waals surface area contributed by atoms with E-state index in [-0.39, 0.29) is 44.8 Å². The summed E-state index contributed by atoms with van der Waals surface area (Å²) >= 11 is 0. The molecule has 0 aliphatic rings. The lowest BCUT2D eigenvalue weighted by Gasteiger charge is -2.21. The van der Waals surface area contributed by atoms with Crippen LogP contribution in [0.1, 0.15) is 33.4 Å². The number of hydrogen-bond donors (Lipinski definition) is 0. The summed E-state index contributed by atoms with van der Waals surface area (Å²) in [6.07, 6.45) is -4.91. The van der Waals surface area contributed by atoms with E-state index in [2.05, 4.69) is 29.1 Å². The fourth-order valence-electron chi connectivity index (χ4n) is 9.03. The van der Waals surface area contributed by atoms with Gasteiger partial charge in [-0.1, -0.05) is 84.9 Å². The van der Waals surface area contributed by atoms with E-state index in [0.29, 0.717) is 55.6 Å². The largest absolute Gasteiger partial charge is 0.417 e. The van der Waals surface area contributed by atoms with Gasteiger partial charge in [0.1, 0.15) is 6.07 Å². The van der Waals surface area contributed by atoms with Gasteiger partial charge in [-0.2, -0.15) is 39.5 Å². The molecule has 0 saturated heterocycles. The fraction of sp³-hybridized carbons (Fsp3) is 0.0182. The van der Waals surface area contributed by atoms with Crippen molar-refractivity contribution in [3.05, 3.63) is 196 Å². The summed E-state index contributed by atoms with van der Waals surface area (Å²) in [5.74, 6) is 0. The van der Waals surface area contributed by atoms with Gasteiger partial charge in [-0.05, 0) is 94.5 Å². The average molecular weight is 855 g/mol. The smallest absolute Gasteiger partial charge is 0.309 e. The first kappa shape index (κ1) is 40.2. The first-order valence-corrected chi connectivity index (χ1v) is 20.2. The lowest BCUT2D eigenvalue weighted by Crippen LogP contribution is -2.10. The maximum atomic E-state index is 15.4. The van der Waals surface area contributed by atoms with E-state index in [9.17, 15) is 26.3 Å². The van der Waals surface area contributed by atoms with Crippen LogP contribution in [-0.4, -0.2) is 9.13 Å². The zero-order chi connectivity index (χ0) is 45.9. The molecule has 0 aliphatic carbocycles. The van der Waals surface area contributed by atoms with Gasteiger partial charge in [-0.25, -0.2) is 4.85 Å². The Hall–Kier alpha value is -9.91. The fourth-order valence-corrected chi connectivity index (χ4v) is 9.03. The summed E-state index contributed by atoms with van der Waals surface area (Å²) in [4.78, 5) is 3.47. The predicted molar refractivity (Wildman–Crippen MR) is 246 cm³/mol. The van der Waals surface area contributed by atoms with Gasteiger partial charge >= 0.3 is 6.18 Å². The molecule has 0 aliphatic heterocycles. The Balaban J connectivity index is 1.34. The molecule has 10 aromatic rings. The van der Waals surface area contributed by atoms with Gasteiger partial charge in [0.05, 0.1) is 92.1 Å². The molecule has 8 aromatic carbocycles. The summed E-state index contributed by atoms with van der Waals surface area (Å²) in [5.41, 5.74) is 5.29. The number of rotatable bonds is 5. The molecular formula is C55H25F3N8. The van der Waals surface area contributed by atoms with Crippen LogP contribution in [0.3, 0.4) is 0 Å². The van der Waals surface area contributed by atoms with Gasteiger partial charge in [0.2, 0.25) is 0 Å². The van der Waals surface area contributed by atoms with Crippen molar-refractivity contribution in [2.75, 3.05) is 0 Å². The van der Waals surface area contributed by atoms with Crippen molar-refractivity contribution < 1.29 is 13.2 Å². The summed E-state index contributed by atoms with van der Waals surface area (Å²) in [6, 6.07) is 53.1. The van der Waals surface area contributed by atoms with Crippen molar-refractivity contribution in [2.24, 2.45) is 0 Å². The van der Waals surface area contributed by atoms with Crippen LogP contribution in [0, 0.1) is 63.2 Å². The first-order valence-electron chi connectivity index (χ1n) is 20.2. The molecule has 0 spiro atoms. The molecule has 0 atom stereocenters. The molecule has 0 fully saturated rings. The first-order chi connectivity index (χ1) is 32.1. The van der Waals surface area contributed by atoms with Crippen LogP contribution < -0.4 is 0 Å². The van der Waals surface area contributed by atoms with E-state index in [1.54, 1.807) is 36.4 Å². The molecule has 66 heavy (non-hydrogen) atoms. The summed E-state index contributed by atoms with van der Waals surface area (Å²) in [7, 11) is 0. The zero-order valence-corrected chi connectivity index (χ0v) is 34.1. The highest BCUT2D eigenvalue weighted by molar-refractivity contribution is 6.12. The Bertz CT molecular complexity index is 4020. The molecule has 8 nitrogen and oxygen atoms in total. The van der Waals surface area contributed by atoms with Crippen molar-refractivity contribution in [2.45, 2.75) is 6.18 Å². The lowest BCUT2D eigenvalue weighted by molar-refractivity contribution is -0.137. The molecule has 0 saturated carbocycles. The van der Waals surface area contributed by atoms with Gasteiger partial charge in [0.15, 0.2) is 5.69 Å². The van der Waals surface area contributed by atoms with Crippen molar-refractivity contribution in [3.8, 4) is 75.1 Å². The van der Waals surface area contributed by atoms with Crippen molar-refractivity contribution in [1.29, 1.82) is 26.3 Å². The minimum absolute atomic E-state index is 0.105. The molecule has 2 aromatic heterocycles. The molecule has 0 amide bonds. The Morgan fingerprint density at radius 1 is 0.424 bits per heavy atom. The van der Waals surface area contributed by atoms with E-state index >= 15 is 13.2 Å². The number of alkyl halides is 3. The van der Waals surface area contributed by atoms with Gasteiger partial charge in [-0.3, -0.25) is 0 Å². The van der Waals surface area contributed by atoms with Crippen molar-refractivity contribution in [3.63, 3.8) is 0 Å². The van der Waals surface area contributed by atoms with Crippen LogP contribution in [0.2, 0.25) is 0 Å². The summed E-state index contributed by atoms with van der Waals surface area (Å²) in [6.45, 7) is 7.48. The van der Waals surface area contributed by atoms with Crippen LogP contribution in [0.5, 0.6) is 0 Å². The zero-order valence-electron chi connectivity index (χ0n) is 34.1. The van der Waals surface area contributed by atoms with Gasteiger partial charge in [0.25, 0.3) is 0 Å². The highest BCUT2D eigenvalue weighted by Gasteiger charge is 2.35. The van der Waals surface area contributed by atoms with E-state index in [0.717, 1.165) is 27.6 Å². The number of benzene rings is 8. The van der Waals surface area contributed by atoms with E-state index < -0.39 is 11.7 Å². The summed E-state index contributed by atoms with van der Waals surface area (Å²) < 4.78 is 49.8. The Kier molecular flexibility index (Phi) is 9.41. The molecule has 0 radical (unpaired) electrons. The minimum atomic E-state index is -4.91. The third-order valence-corrected chi connectivity index (χ3v) is 12.0. The number of para-hydroxylation sites is 2. The van der Waals surface area contributed by atoms with E-state index in [1.807, 2.05) is 100 Å². The molecule has 10 rings (SSSR count). The molecule has 11 heteroatoms. The van der Waals surface area contributed by atoms with Gasteiger partial charge in [0, 0.05) is 32.7 Å². The highest BCUT2D eigenvalue weighted by Crippen LogP contribution is 2.46. The lowest BCUT2D eigenvalue weighted by atomic mass is 9.93. The molecular weight excluding hydrogens is 830 g/mol. The minimum Gasteiger partial charge on any atom is -0.309 e. The van der Waals surface area contributed by atoms with Gasteiger partial charge in [-0.15, -0.1) is 0 Å². The van der Waals surface area contributed by atoms with Crippen LogP contribution in [0.15, 0.2) is 152 Å². The van der Waals surface area contributed by atoms with Crippen molar-refractivity contribution in [1.82, 2.24) is 9.13 Å². The predicted octanol–water partition coefficient (Wildman–Crippen LogP) is 13.8. The molecule has 0 bridgehead atoms. The van der Waals surface area contributed by atoms with E-state index in [4.69, 9.17) is 6.57 Å². The Morgan fingerprint density at radius 2 is 0.924 bits per heavy atom. The second kappa shape index (κ2) is 15.5. The van der Waals surface area contributed by atoms with Crippen LogP contribution >= 0.6 is 0 Å². The highest BCUT2D eigenvalue weighted by atomic mass is 19.4. The maximum absolute atomic E-state index is 15.4. The molecule has 306 valence electrons. The quantitative estimate of drug-likeness (QED) is 0.159. The SMILES string of the molecule is [C-]#[N+]c1ccc(-c2ccc3c4ccccc4n(-c4cc(C#N)c(-n5c6ccccc6c6ccc(-c7ccc(C#N)cc7C#N)cc65)cc4-c4ccc(C#N)cc4C(F)(F)F)c3c2)c(C#N)c1. The van der Waals surface area contributed by atoms with Gasteiger partial charge < -0.3 is 9.13 Å². The number of fused-ring (bicyclic) bond motifs is 6. The Morgan fingerprint density at radius 3 is 1.47 bits per heavy atom. The second-order valence-corrected chi connectivity index (χ2v) is 15.5. The number of aromatic nitrogens is 2. The monoisotopic (exact) mass is 854 g/mol. The third kappa shape index (κ3) is 6.34. The topological polar surface area (TPSA) is 133 Å². The number of nitriles is 5. The van der Waals surface area contributed by atoms with Crippen LogP contribution in [0.4, 0.5) is 18.9 Å². The summed E-state index contributed by atoms with van der Waals surface area (Å²) in [5, 5.41) is 53.9. The number of hydrogen-bond acceptors (Lipinski definition) is 5. The standard InChI is InChI=1S/C55H25F3N8/c1-64-39-14-19-41(37(22-39)30-62)35-13-18-46-44-7-3-5-9-50(44)66(53(46)24-35)54-25-38(31-63)51(26-47(54)42-16-11-33(28-60)21-48(42)55(56,57)58)65-49-8-4-2-6-43(49)45-17-12-34(23-52(45)65)40-15-10-32(27-59)20-36(40)29-61/h2-26H. The molecule has 0 unspecified atom stereocenters. The van der Waals surface area contributed by atoms with Crippen LogP contribution in [-0.2, 0) is 6.18 Å². The van der Waals surface area contributed by atoms with E-state index in [1.165, 1.54) is 24.3 Å². The average Bonchev–Trinajstić information content (AvgIpc) is 3.86. The maximum Gasteiger partial charge on any atom is 0.417 e. The van der Waals surface area contributed by atoms with Crippen LogP contribution in [0.25, 0.3) is 93.2 Å². The third-order valence-electron chi connectivity index (χ3n) is 12.0. The molecule has 2 heterocycles. The normalized spacial score (nSPS) is 11.2. The number of nitrogens with zero attached hydrogens (tertiary/aromatic N) is 8. The number of halogens is 3. The van der Waals surface area contributed by atoms with Crippen molar-refractivity contribution >= 4 is 49.3 Å². The Labute approximate surface area is 374 Å². The molecule has 0 N–H and O–H groups in total. The second-order valence-electron chi connectivity index (χ2n) is 15.5.